The van der Waals surface area contributed by atoms with Crippen molar-refractivity contribution in [3.05, 3.63) is 34.9 Å². The average molecular weight is 271 g/mol. The Morgan fingerprint density at radius 3 is 2.56 bits per heavy atom. The molecule has 1 unspecified atom stereocenters. The summed E-state index contributed by atoms with van der Waals surface area (Å²) in [6.07, 6.45) is 0.387. The second-order valence-electron chi connectivity index (χ2n) is 3.83. The van der Waals surface area contributed by atoms with Gasteiger partial charge in [0.2, 0.25) is 0 Å². The number of halogens is 1. The van der Waals surface area contributed by atoms with E-state index in [1.165, 1.54) is 14.2 Å². The standard InChI is InChI=1S/C13H15ClO4/c1-17-12(15)8-10(13(16)18-2)6-9-4-3-5-11(14)7-9/h3-5,7,10H,6,8H2,1-2H3. The van der Waals surface area contributed by atoms with E-state index in [1.807, 2.05) is 6.07 Å². The Balaban J connectivity index is 2.78. The van der Waals surface area contributed by atoms with Crippen LogP contribution in [-0.4, -0.2) is 26.2 Å². The Bertz CT molecular complexity index is 431. The van der Waals surface area contributed by atoms with Crippen LogP contribution in [0.15, 0.2) is 24.3 Å². The summed E-state index contributed by atoms with van der Waals surface area (Å²) in [5.41, 5.74) is 0.877. The van der Waals surface area contributed by atoms with Gasteiger partial charge in [0.15, 0.2) is 0 Å². The molecule has 0 aliphatic carbocycles. The lowest BCUT2D eigenvalue weighted by Crippen LogP contribution is -2.22. The zero-order valence-electron chi connectivity index (χ0n) is 10.3. The Morgan fingerprint density at radius 1 is 1.28 bits per heavy atom. The van der Waals surface area contributed by atoms with Crippen molar-refractivity contribution in [1.29, 1.82) is 0 Å². The Morgan fingerprint density at radius 2 is 2.00 bits per heavy atom. The molecule has 0 N–H and O–H groups in total. The van der Waals surface area contributed by atoms with Crippen LogP contribution in [0.1, 0.15) is 12.0 Å². The fourth-order valence-electron chi connectivity index (χ4n) is 1.64. The van der Waals surface area contributed by atoms with Crippen molar-refractivity contribution < 1.29 is 19.1 Å². The van der Waals surface area contributed by atoms with Gasteiger partial charge in [0.25, 0.3) is 0 Å². The largest absolute Gasteiger partial charge is 0.469 e. The topological polar surface area (TPSA) is 52.6 Å². The molecule has 4 nitrogen and oxygen atoms in total. The van der Waals surface area contributed by atoms with Crippen LogP contribution in [0.3, 0.4) is 0 Å². The molecule has 98 valence electrons. The molecule has 18 heavy (non-hydrogen) atoms. The van der Waals surface area contributed by atoms with Crippen LogP contribution in [0.2, 0.25) is 5.02 Å². The molecule has 0 amide bonds. The number of rotatable bonds is 5. The van der Waals surface area contributed by atoms with Gasteiger partial charge in [-0.1, -0.05) is 23.7 Å². The third-order valence-electron chi connectivity index (χ3n) is 2.55. The van der Waals surface area contributed by atoms with Gasteiger partial charge in [-0.05, 0) is 24.1 Å². The number of methoxy groups -OCH3 is 2. The lowest BCUT2D eigenvalue weighted by Gasteiger charge is -2.13. The highest BCUT2D eigenvalue weighted by molar-refractivity contribution is 6.30. The predicted molar refractivity (Wildman–Crippen MR) is 67.3 cm³/mol. The molecule has 1 atom stereocenters. The molecule has 0 heterocycles. The van der Waals surface area contributed by atoms with Crippen molar-refractivity contribution in [1.82, 2.24) is 0 Å². The van der Waals surface area contributed by atoms with Crippen molar-refractivity contribution in [2.24, 2.45) is 5.92 Å². The quantitative estimate of drug-likeness (QED) is 0.770. The van der Waals surface area contributed by atoms with E-state index in [1.54, 1.807) is 18.2 Å². The highest BCUT2D eigenvalue weighted by Gasteiger charge is 2.23. The predicted octanol–water partition coefficient (Wildman–Crippen LogP) is 2.23. The van der Waals surface area contributed by atoms with Gasteiger partial charge in [-0.3, -0.25) is 9.59 Å². The normalized spacial score (nSPS) is 11.7. The maximum Gasteiger partial charge on any atom is 0.309 e. The summed E-state index contributed by atoms with van der Waals surface area (Å²) in [7, 11) is 2.58. The van der Waals surface area contributed by atoms with Crippen LogP contribution < -0.4 is 0 Å². The first-order valence-corrected chi connectivity index (χ1v) is 5.83. The summed E-state index contributed by atoms with van der Waals surface area (Å²) in [4.78, 5) is 22.8. The lowest BCUT2D eigenvalue weighted by molar-refractivity contribution is -0.151. The van der Waals surface area contributed by atoms with Gasteiger partial charge in [-0.15, -0.1) is 0 Å². The summed E-state index contributed by atoms with van der Waals surface area (Å²) < 4.78 is 9.24. The Hall–Kier alpha value is -1.55. The number of hydrogen-bond acceptors (Lipinski definition) is 4. The number of hydrogen-bond donors (Lipinski definition) is 0. The first kappa shape index (κ1) is 14.5. The molecule has 0 radical (unpaired) electrons. The van der Waals surface area contributed by atoms with Crippen LogP contribution in [0, 0.1) is 5.92 Å². The fourth-order valence-corrected chi connectivity index (χ4v) is 1.85. The molecule has 0 aromatic heterocycles. The number of carbonyl (C=O) groups excluding carboxylic acids is 2. The Kier molecular flexibility index (Phi) is 5.65. The number of ether oxygens (including phenoxy) is 2. The molecule has 0 bridgehead atoms. The Labute approximate surface area is 111 Å². The molecule has 0 aliphatic rings. The van der Waals surface area contributed by atoms with Crippen molar-refractivity contribution >= 4 is 23.5 Å². The molecule has 5 heteroatoms. The smallest absolute Gasteiger partial charge is 0.309 e. The summed E-state index contributed by atoms with van der Waals surface area (Å²) in [5, 5.41) is 0.592. The van der Waals surface area contributed by atoms with Gasteiger partial charge in [0.1, 0.15) is 0 Å². The third kappa shape index (κ3) is 4.37. The van der Waals surface area contributed by atoms with E-state index < -0.39 is 17.9 Å². The van der Waals surface area contributed by atoms with Crippen molar-refractivity contribution in [3.63, 3.8) is 0 Å². The summed E-state index contributed by atoms with van der Waals surface area (Å²) in [6.45, 7) is 0. The molecule has 0 spiro atoms. The minimum Gasteiger partial charge on any atom is -0.469 e. The molecule has 0 fully saturated rings. The SMILES string of the molecule is COC(=O)CC(Cc1cccc(Cl)c1)C(=O)OC. The van der Waals surface area contributed by atoms with Crippen LogP contribution in [0.4, 0.5) is 0 Å². The molecule has 0 saturated carbocycles. The zero-order chi connectivity index (χ0) is 13.5. The van der Waals surface area contributed by atoms with E-state index >= 15 is 0 Å². The minimum absolute atomic E-state index is 0.00428. The molecule has 1 aromatic carbocycles. The first-order valence-electron chi connectivity index (χ1n) is 5.46. The average Bonchev–Trinajstić information content (AvgIpc) is 2.36. The molecule has 1 rings (SSSR count). The van der Waals surface area contributed by atoms with Gasteiger partial charge in [0, 0.05) is 5.02 Å². The van der Waals surface area contributed by atoms with Crippen LogP contribution in [0.5, 0.6) is 0 Å². The number of esters is 2. The van der Waals surface area contributed by atoms with Gasteiger partial charge in [-0.2, -0.15) is 0 Å². The first-order chi connectivity index (χ1) is 8.56. The minimum atomic E-state index is -0.555. The molecule has 0 saturated heterocycles. The van der Waals surface area contributed by atoms with Gasteiger partial charge in [0.05, 0.1) is 26.6 Å². The van der Waals surface area contributed by atoms with Crippen molar-refractivity contribution in [2.75, 3.05) is 14.2 Å². The van der Waals surface area contributed by atoms with E-state index in [2.05, 4.69) is 9.47 Å². The number of benzene rings is 1. The van der Waals surface area contributed by atoms with E-state index in [0.29, 0.717) is 11.4 Å². The van der Waals surface area contributed by atoms with E-state index in [-0.39, 0.29) is 6.42 Å². The second kappa shape index (κ2) is 7.01. The van der Waals surface area contributed by atoms with Gasteiger partial charge < -0.3 is 9.47 Å². The van der Waals surface area contributed by atoms with E-state index in [0.717, 1.165) is 5.56 Å². The summed E-state index contributed by atoms with van der Waals surface area (Å²) >= 11 is 5.87. The van der Waals surface area contributed by atoms with Crippen LogP contribution in [0.25, 0.3) is 0 Å². The summed E-state index contributed by atoms with van der Waals surface area (Å²) in [5.74, 6) is -1.42. The molecular weight excluding hydrogens is 256 g/mol. The van der Waals surface area contributed by atoms with Gasteiger partial charge >= 0.3 is 11.9 Å². The highest BCUT2D eigenvalue weighted by Crippen LogP contribution is 2.18. The van der Waals surface area contributed by atoms with Crippen LogP contribution >= 0.6 is 11.6 Å². The maximum atomic E-state index is 11.6. The van der Waals surface area contributed by atoms with Crippen molar-refractivity contribution in [2.45, 2.75) is 12.8 Å². The van der Waals surface area contributed by atoms with E-state index in [9.17, 15) is 9.59 Å². The highest BCUT2D eigenvalue weighted by atomic mass is 35.5. The van der Waals surface area contributed by atoms with Crippen molar-refractivity contribution in [3.8, 4) is 0 Å². The molecular formula is C13H15ClO4. The zero-order valence-corrected chi connectivity index (χ0v) is 11.1. The fraction of sp³-hybridized carbons (Fsp3) is 0.385. The monoisotopic (exact) mass is 270 g/mol. The molecule has 1 aromatic rings. The lowest BCUT2D eigenvalue weighted by atomic mass is 9.96. The third-order valence-corrected chi connectivity index (χ3v) is 2.78. The second-order valence-corrected chi connectivity index (χ2v) is 4.27. The summed E-state index contributed by atoms with van der Waals surface area (Å²) in [6, 6.07) is 7.15. The maximum absolute atomic E-state index is 11.6. The van der Waals surface area contributed by atoms with E-state index in [4.69, 9.17) is 11.6 Å². The van der Waals surface area contributed by atoms with Gasteiger partial charge in [-0.25, -0.2) is 0 Å². The molecule has 0 aliphatic heterocycles. The van der Waals surface area contributed by atoms with Crippen LogP contribution in [-0.2, 0) is 25.5 Å². The number of carbonyl (C=O) groups is 2.